The monoisotopic (exact) mass is 235 g/mol. The summed E-state index contributed by atoms with van der Waals surface area (Å²) in [5, 5.41) is 11.5. The third-order valence-corrected chi connectivity index (χ3v) is 2.47. The largest absolute Gasteiger partial charge is 0.481 e. The van der Waals surface area contributed by atoms with Gasteiger partial charge in [-0.3, -0.25) is 9.59 Å². The van der Waals surface area contributed by atoms with Gasteiger partial charge in [0.2, 0.25) is 5.91 Å². The van der Waals surface area contributed by atoms with Crippen LogP contribution in [0, 0.1) is 5.92 Å². The minimum atomic E-state index is -0.938. The second-order valence-corrected chi connectivity index (χ2v) is 3.94. The molecule has 0 radical (unpaired) electrons. The number of carboxylic acid groups (broad SMARTS) is 1. The van der Waals surface area contributed by atoms with E-state index in [1.807, 2.05) is 25.1 Å². The molecule has 1 aromatic carbocycles. The first-order valence-electron chi connectivity index (χ1n) is 5.71. The number of anilines is 1. The van der Waals surface area contributed by atoms with Crippen LogP contribution in [0.15, 0.2) is 30.3 Å². The van der Waals surface area contributed by atoms with Gasteiger partial charge in [-0.25, -0.2) is 0 Å². The van der Waals surface area contributed by atoms with Crippen LogP contribution in [0.5, 0.6) is 0 Å². The summed E-state index contributed by atoms with van der Waals surface area (Å²) in [4.78, 5) is 22.5. The van der Waals surface area contributed by atoms with E-state index < -0.39 is 11.9 Å². The smallest absolute Gasteiger partial charge is 0.304 e. The summed E-state index contributed by atoms with van der Waals surface area (Å²) in [6, 6.07) is 9.06. The van der Waals surface area contributed by atoms with Crippen LogP contribution < -0.4 is 5.32 Å². The Balaban J connectivity index is 2.62. The van der Waals surface area contributed by atoms with Crippen LogP contribution in [0.1, 0.15) is 26.2 Å². The Kier molecular flexibility index (Phi) is 5.20. The molecule has 4 heteroatoms. The van der Waals surface area contributed by atoms with E-state index in [-0.39, 0.29) is 12.3 Å². The standard InChI is InChI=1S/C13H17NO3/c1-2-6-10(9-12(15)16)13(17)14-11-7-4-3-5-8-11/h3-5,7-8,10H,2,6,9H2,1H3,(H,14,17)(H,15,16). The lowest BCUT2D eigenvalue weighted by Gasteiger charge is -2.13. The number of hydrogen-bond acceptors (Lipinski definition) is 2. The Hall–Kier alpha value is -1.84. The topological polar surface area (TPSA) is 66.4 Å². The molecule has 0 saturated heterocycles. The average Bonchev–Trinajstić information content (AvgIpc) is 2.29. The molecule has 0 aliphatic rings. The maximum Gasteiger partial charge on any atom is 0.304 e. The van der Waals surface area contributed by atoms with E-state index in [0.29, 0.717) is 12.1 Å². The summed E-state index contributed by atoms with van der Waals surface area (Å²) in [5.41, 5.74) is 0.698. The van der Waals surface area contributed by atoms with Crippen molar-refractivity contribution in [1.82, 2.24) is 0 Å². The van der Waals surface area contributed by atoms with Crippen LogP contribution in [0.3, 0.4) is 0 Å². The van der Waals surface area contributed by atoms with Crippen LogP contribution in [0.4, 0.5) is 5.69 Å². The van der Waals surface area contributed by atoms with Gasteiger partial charge in [0.25, 0.3) is 0 Å². The number of carbonyl (C=O) groups excluding carboxylic acids is 1. The van der Waals surface area contributed by atoms with Gasteiger partial charge >= 0.3 is 5.97 Å². The molecule has 0 fully saturated rings. The van der Waals surface area contributed by atoms with Crippen LogP contribution >= 0.6 is 0 Å². The molecule has 0 heterocycles. The van der Waals surface area contributed by atoms with Crippen molar-refractivity contribution in [2.75, 3.05) is 5.32 Å². The van der Waals surface area contributed by atoms with Crippen LogP contribution in [-0.2, 0) is 9.59 Å². The van der Waals surface area contributed by atoms with E-state index in [0.717, 1.165) is 6.42 Å². The van der Waals surface area contributed by atoms with Crippen molar-refractivity contribution in [3.63, 3.8) is 0 Å². The zero-order chi connectivity index (χ0) is 12.7. The van der Waals surface area contributed by atoms with Crippen LogP contribution in [0.25, 0.3) is 0 Å². The van der Waals surface area contributed by atoms with E-state index in [2.05, 4.69) is 5.32 Å². The second-order valence-electron chi connectivity index (χ2n) is 3.94. The molecule has 0 aliphatic heterocycles. The molecule has 0 aromatic heterocycles. The predicted octanol–water partition coefficient (Wildman–Crippen LogP) is 2.52. The molecule has 0 saturated carbocycles. The number of carbonyl (C=O) groups is 2. The van der Waals surface area contributed by atoms with Crippen molar-refractivity contribution in [3.8, 4) is 0 Å². The molecular weight excluding hydrogens is 218 g/mol. The molecule has 2 N–H and O–H groups in total. The Morgan fingerprint density at radius 2 is 1.94 bits per heavy atom. The fourth-order valence-electron chi connectivity index (χ4n) is 1.65. The first-order chi connectivity index (χ1) is 8.13. The van der Waals surface area contributed by atoms with Gasteiger partial charge < -0.3 is 10.4 Å². The van der Waals surface area contributed by atoms with Crippen molar-refractivity contribution in [2.45, 2.75) is 26.2 Å². The molecule has 0 spiro atoms. The zero-order valence-corrected chi connectivity index (χ0v) is 9.85. The highest BCUT2D eigenvalue weighted by Crippen LogP contribution is 2.15. The van der Waals surface area contributed by atoms with Crippen molar-refractivity contribution >= 4 is 17.6 Å². The van der Waals surface area contributed by atoms with Crippen LogP contribution in [0.2, 0.25) is 0 Å². The Morgan fingerprint density at radius 1 is 1.29 bits per heavy atom. The SMILES string of the molecule is CCCC(CC(=O)O)C(=O)Nc1ccccc1. The molecule has 17 heavy (non-hydrogen) atoms. The third kappa shape index (κ3) is 4.68. The molecular formula is C13H17NO3. The van der Waals surface area contributed by atoms with Crippen molar-refractivity contribution in [3.05, 3.63) is 30.3 Å². The average molecular weight is 235 g/mol. The van der Waals surface area contributed by atoms with Gasteiger partial charge in [0.15, 0.2) is 0 Å². The molecule has 1 unspecified atom stereocenters. The molecule has 1 amide bonds. The Morgan fingerprint density at radius 3 is 2.47 bits per heavy atom. The molecule has 0 bridgehead atoms. The van der Waals surface area contributed by atoms with Crippen molar-refractivity contribution in [1.29, 1.82) is 0 Å². The third-order valence-electron chi connectivity index (χ3n) is 2.47. The van der Waals surface area contributed by atoms with E-state index in [1.54, 1.807) is 12.1 Å². The molecule has 1 rings (SSSR count). The van der Waals surface area contributed by atoms with E-state index >= 15 is 0 Å². The van der Waals surface area contributed by atoms with Gasteiger partial charge in [0.1, 0.15) is 0 Å². The number of nitrogens with one attached hydrogen (secondary N) is 1. The summed E-state index contributed by atoms with van der Waals surface area (Å²) in [6.07, 6.45) is 1.26. The number of hydrogen-bond donors (Lipinski definition) is 2. The van der Waals surface area contributed by atoms with Crippen molar-refractivity contribution < 1.29 is 14.7 Å². The minimum Gasteiger partial charge on any atom is -0.481 e. The summed E-state index contributed by atoms with van der Waals surface area (Å²) in [6.45, 7) is 1.94. The fourth-order valence-corrected chi connectivity index (χ4v) is 1.65. The molecule has 0 aliphatic carbocycles. The summed E-state index contributed by atoms with van der Waals surface area (Å²) in [7, 11) is 0. The molecule has 1 aromatic rings. The molecule has 92 valence electrons. The Bertz CT molecular complexity index is 376. The van der Waals surface area contributed by atoms with Gasteiger partial charge in [0, 0.05) is 11.6 Å². The summed E-state index contributed by atoms with van der Waals surface area (Å²) < 4.78 is 0. The van der Waals surface area contributed by atoms with E-state index in [4.69, 9.17) is 5.11 Å². The Labute approximate surface area is 101 Å². The second kappa shape index (κ2) is 6.68. The zero-order valence-electron chi connectivity index (χ0n) is 9.85. The first kappa shape index (κ1) is 13.2. The lowest BCUT2D eigenvalue weighted by atomic mass is 9.99. The quantitative estimate of drug-likeness (QED) is 0.796. The number of carboxylic acids is 1. The predicted molar refractivity (Wildman–Crippen MR) is 65.7 cm³/mol. The lowest BCUT2D eigenvalue weighted by Crippen LogP contribution is -2.25. The summed E-state index contributed by atoms with van der Waals surface area (Å²) in [5.74, 6) is -1.62. The van der Waals surface area contributed by atoms with Gasteiger partial charge in [-0.05, 0) is 18.6 Å². The first-order valence-corrected chi connectivity index (χ1v) is 5.71. The fraction of sp³-hybridized carbons (Fsp3) is 0.385. The maximum absolute atomic E-state index is 11.9. The summed E-state index contributed by atoms with van der Waals surface area (Å²) >= 11 is 0. The molecule has 4 nitrogen and oxygen atoms in total. The van der Waals surface area contributed by atoms with E-state index in [9.17, 15) is 9.59 Å². The number of benzene rings is 1. The number of amides is 1. The highest BCUT2D eigenvalue weighted by atomic mass is 16.4. The van der Waals surface area contributed by atoms with E-state index in [1.165, 1.54) is 0 Å². The van der Waals surface area contributed by atoms with Gasteiger partial charge in [-0.1, -0.05) is 31.5 Å². The van der Waals surface area contributed by atoms with Gasteiger partial charge in [0.05, 0.1) is 6.42 Å². The van der Waals surface area contributed by atoms with Gasteiger partial charge in [-0.15, -0.1) is 0 Å². The van der Waals surface area contributed by atoms with Crippen LogP contribution in [-0.4, -0.2) is 17.0 Å². The maximum atomic E-state index is 11.9. The van der Waals surface area contributed by atoms with Gasteiger partial charge in [-0.2, -0.15) is 0 Å². The lowest BCUT2D eigenvalue weighted by molar-refractivity contribution is -0.140. The number of rotatable bonds is 6. The number of para-hydroxylation sites is 1. The highest BCUT2D eigenvalue weighted by Gasteiger charge is 2.20. The van der Waals surface area contributed by atoms with Crippen molar-refractivity contribution in [2.24, 2.45) is 5.92 Å². The minimum absolute atomic E-state index is 0.119. The normalized spacial score (nSPS) is 11.8. The number of aliphatic carboxylic acids is 1. The highest BCUT2D eigenvalue weighted by molar-refractivity contribution is 5.94. The molecule has 1 atom stereocenters.